The molecule has 1 unspecified atom stereocenters. The van der Waals surface area contributed by atoms with Crippen LogP contribution in [-0.2, 0) is 13.1 Å². The van der Waals surface area contributed by atoms with Crippen LogP contribution in [0.2, 0.25) is 0 Å². The fraction of sp³-hybridized carbons (Fsp3) is 0.429. The van der Waals surface area contributed by atoms with Crippen LogP contribution in [0, 0.1) is 13.8 Å². The number of imidazole rings is 1. The Labute approximate surface area is 165 Å². The van der Waals surface area contributed by atoms with Gasteiger partial charge in [-0.1, -0.05) is 12.1 Å². The summed E-state index contributed by atoms with van der Waals surface area (Å²) in [5.41, 5.74) is 2.44. The molecule has 27 heavy (non-hydrogen) atoms. The van der Waals surface area contributed by atoms with E-state index < -0.39 is 0 Å². The highest BCUT2D eigenvalue weighted by Crippen LogP contribution is 2.27. The van der Waals surface area contributed by atoms with Gasteiger partial charge in [0.2, 0.25) is 0 Å². The maximum absolute atomic E-state index is 5.93. The van der Waals surface area contributed by atoms with Gasteiger partial charge in [-0.3, -0.25) is 4.90 Å². The minimum absolute atomic E-state index is 0.287. The predicted molar refractivity (Wildman–Crippen MR) is 110 cm³/mol. The summed E-state index contributed by atoms with van der Waals surface area (Å²) in [6, 6.07) is 8.67. The van der Waals surface area contributed by atoms with Crippen molar-refractivity contribution in [1.29, 1.82) is 0 Å². The van der Waals surface area contributed by atoms with Gasteiger partial charge < -0.3 is 9.30 Å². The second-order valence-corrected chi connectivity index (χ2v) is 8.32. The molecule has 0 saturated carbocycles. The lowest BCUT2D eigenvalue weighted by atomic mass is 10.1. The van der Waals surface area contributed by atoms with Crippen LogP contribution in [0.5, 0.6) is 5.75 Å². The average molecular weight is 385 g/mol. The topological polar surface area (TPSA) is 43.2 Å². The summed E-state index contributed by atoms with van der Waals surface area (Å²) in [7, 11) is 2.15. The quantitative estimate of drug-likeness (QED) is 0.505. The molecule has 3 rings (SSSR count). The molecule has 1 aromatic carbocycles. The number of benzene rings is 1. The molecule has 0 spiro atoms. The van der Waals surface area contributed by atoms with E-state index in [4.69, 9.17) is 9.72 Å². The van der Waals surface area contributed by atoms with Gasteiger partial charge in [-0.25, -0.2) is 9.97 Å². The van der Waals surface area contributed by atoms with Crippen molar-refractivity contribution in [2.45, 2.75) is 46.3 Å². The number of hydrogen-bond donors (Lipinski definition) is 0. The normalized spacial score (nSPS) is 12.5. The Morgan fingerprint density at radius 1 is 1.30 bits per heavy atom. The molecular weight excluding hydrogens is 356 g/mol. The van der Waals surface area contributed by atoms with E-state index in [2.05, 4.69) is 60.5 Å². The molecule has 0 aliphatic rings. The summed E-state index contributed by atoms with van der Waals surface area (Å²) in [6.07, 6.45) is 6.57. The third-order valence-corrected chi connectivity index (χ3v) is 5.62. The molecule has 1 atom stereocenters. The number of nitrogens with zero attached hydrogens (tertiary/aromatic N) is 4. The second-order valence-electron chi connectivity index (χ2n) is 6.92. The van der Waals surface area contributed by atoms with Gasteiger partial charge >= 0.3 is 0 Å². The summed E-state index contributed by atoms with van der Waals surface area (Å²) >= 11 is 1.77. The Hall–Kier alpha value is -2.18. The molecule has 5 nitrogen and oxygen atoms in total. The second kappa shape index (κ2) is 9.15. The zero-order valence-electron chi connectivity index (χ0n) is 16.6. The molecular formula is C21H28N4OS. The first-order valence-electron chi connectivity index (χ1n) is 9.34. The minimum atomic E-state index is 0.287. The Kier molecular flexibility index (Phi) is 6.63. The van der Waals surface area contributed by atoms with Crippen molar-refractivity contribution in [3.8, 4) is 5.75 Å². The fourth-order valence-corrected chi connectivity index (χ4v) is 4.06. The highest BCUT2D eigenvalue weighted by molar-refractivity contribution is 7.11. The molecule has 2 aromatic heterocycles. The number of ether oxygens (including phenoxy) is 1. The molecule has 144 valence electrons. The van der Waals surface area contributed by atoms with E-state index in [-0.39, 0.29) is 6.04 Å². The summed E-state index contributed by atoms with van der Waals surface area (Å²) in [5, 5.41) is 1.13. The third kappa shape index (κ3) is 5.40. The SMILES string of the molecule is Cc1nc(C(C)N(C)Cc2cccc(OCCCn3ccnc3)c2)c(C)s1. The van der Waals surface area contributed by atoms with Gasteiger partial charge in [-0.2, -0.15) is 0 Å². The van der Waals surface area contributed by atoms with Gasteiger partial charge in [-0.05, 0) is 51.9 Å². The summed E-state index contributed by atoms with van der Waals surface area (Å²) in [6.45, 7) is 8.93. The smallest absolute Gasteiger partial charge is 0.119 e. The molecule has 0 aliphatic heterocycles. The zero-order valence-corrected chi connectivity index (χ0v) is 17.4. The molecule has 6 heteroatoms. The number of aromatic nitrogens is 3. The fourth-order valence-electron chi connectivity index (χ4n) is 3.16. The Morgan fingerprint density at radius 3 is 2.85 bits per heavy atom. The van der Waals surface area contributed by atoms with Crippen molar-refractivity contribution in [3.05, 3.63) is 64.1 Å². The van der Waals surface area contributed by atoms with Gasteiger partial charge in [-0.15, -0.1) is 11.3 Å². The molecule has 0 aliphatic carbocycles. The zero-order chi connectivity index (χ0) is 19.2. The van der Waals surface area contributed by atoms with Crippen LogP contribution >= 0.6 is 11.3 Å². The van der Waals surface area contributed by atoms with Gasteiger partial charge in [0.1, 0.15) is 5.75 Å². The van der Waals surface area contributed by atoms with Crippen molar-refractivity contribution < 1.29 is 4.74 Å². The highest BCUT2D eigenvalue weighted by atomic mass is 32.1. The Balaban J connectivity index is 1.52. The van der Waals surface area contributed by atoms with Crippen LogP contribution in [-0.4, -0.2) is 33.1 Å². The highest BCUT2D eigenvalue weighted by Gasteiger charge is 2.17. The average Bonchev–Trinajstić information content (AvgIpc) is 3.27. The lowest BCUT2D eigenvalue weighted by Crippen LogP contribution is -2.22. The van der Waals surface area contributed by atoms with Gasteiger partial charge in [0, 0.05) is 30.4 Å². The first kappa shape index (κ1) is 19.6. The van der Waals surface area contributed by atoms with Crippen molar-refractivity contribution in [2.24, 2.45) is 0 Å². The number of rotatable bonds is 9. The lowest BCUT2D eigenvalue weighted by Gasteiger charge is -2.24. The van der Waals surface area contributed by atoms with E-state index in [9.17, 15) is 0 Å². The van der Waals surface area contributed by atoms with Crippen molar-refractivity contribution >= 4 is 11.3 Å². The molecule has 0 bridgehead atoms. The lowest BCUT2D eigenvalue weighted by molar-refractivity contribution is 0.247. The first-order valence-corrected chi connectivity index (χ1v) is 10.2. The molecule has 0 radical (unpaired) electrons. The molecule has 3 aromatic rings. The minimum Gasteiger partial charge on any atom is -0.494 e. The maximum atomic E-state index is 5.93. The summed E-state index contributed by atoms with van der Waals surface area (Å²) < 4.78 is 8.00. The third-order valence-electron chi connectivity index (χ3n) is 4.72. The van der Waals surface area contributed by atoms with Crippen molar-refractivity contribution in [3.63, 3.8) is 0 Å². The van der Waals surface area contributed by atoms with E-state index in [0.717, 1.165) is 30.3 Å². The standard InChI is InChI=1S/C21H28N4OS/c1-16(21-17(2)27-18(3)23-21)24(4)14-19-7-5-8-20(13-19)26-12-6-10-25-11-9-22-15-25/h5,7-9,11,13,15-16H,6,10,12,14H2,1-4H3. The number of hydrogen-bond acceptors (Lipinski definition) is 5. The summed E-state index contributed by atoms with van der Waals surface area (Å²) in [4.78, 5) is 12.4. The van der Waals surface area contributed by atoms with Gasteiger partial charge in [0.15, 0.2) is 0 Å². The van der Waals surface area contributed by atoms with Crippen molar-refractivity contribution in [2.75, 3.05) is 13.7 Å². The van der Waals surface area contributed by atoms with Crippen LogP contribution in [0.1, 0.15) is 40.5 Å². The number of thiazole rings is 1. The molecule has 0 amide bonds. The van der Waals surface area contributed by atoms with Crippen LogP contribution in [0.15, 0.2) is 43.0 Å². The van der Waals surface area contributed by atoms with Crippen LogP contribution in [0.3, 0.4) is 0 Å². The van der Waals surface area contributed by atoms with Crippen LogP contribution < -0.4 is 4.74 Å². The van der Waals surface area contributed by atoms with Gasteiger partial charge in [0.05, 0.1) is 29.7 Å². The molecule has 2 heterocycles. The van der Waals surface area contributed by atoms with E-state index in [1.165, 1.54) is 16.1 Å². The van der Waals surface area contributed by atoms with Gasteiger partial charge in [0.25, 0.3) is 0 Å². The summed E-state index contributed by atoms with van der Waals surface area (Å²) in [5.74, 6) is 0.930. The molecule has 0 saturated heterocycles. The van der Waals surface area contributed by atoms with E-state index in [0.29, 0.717) is 6.61 Å². The Bertz CT molecular complexity index is 844. The number of aryl methyl sites for hydroxylation is 3. The van der Waals surface area contributed by atoms with Crippen molar-refractivity contribution in [1.82, 2.24) is 19.4 Å². The van der Waals surface area contributed by atoms with Crippen LogP contribution in [0.25, 0.3) is 0 Å². The predicted octanol–water partition coefficient (Wildman–Crippen LogP) is 4.62. The van der Waals surface area contributed by atoms with E-state index >= 15 is 0 Å². The maximum Gasteiger partial charge on any atom is 0.119 e. The van der Waals surface area contributed by atoms with Crippen LogP contribution in [0.4, 0.5) is 0 Å². The van der Waals surface area contributed by atoms with E-state index in [1.54, 1.807) is 17.5 Å². The van der Waals surface area contributed by atoms with E-state index in [1.807, 2.05) is 18.6 Å². The largest absolute Gasteiger partial charge is 0.494 e. The molecule has 0 fully saturated rings. The first-order chi connectivity index (χ1) is 13.0. The molecule has 0 N–H and O–H groups in total. The monoisotopic (exact) mass is 384 g/mol. The Morgan fingerprint density at radius 2 is 2.15 bits per heavy atom.